The highest BCUT2D eigenvalue weighted by Crippen LogP contribution is 2.23. The lowest BCUT2D eigenvalue weighted by molar-refractivity contribution is 0.972. The van der Waals surface area contributed by atoms with Crippen molar-refractivity contribution in [2.24, 2.45) is 4.99 Å². The van der Waals surface area contributed by atoms with Gasteiger partial charge in [0.2, 0.25) is 0 Å². The maximum absolute atomic E-state index is 4.19. The fourth-order valence-corrected chi connectivity index (χ4v) is 2.44. The number of hydrogen-bond acceptors (Lipinski definition) is 1. The number of hydrogen-bond donors (Lipinski definition) is 0. The molecule has 2 rings (SSSR count). The average molecular weight is 265 g/mol. The van der Waals surface area contributed by atoms with Crippen molar-refractivity contribution in [3.63, 3.8) is 0 Å². The van der Waals surface area contributed by atoms with Gasteiger partial charge in [-0.25, -0.2) is 0 Å². The van der Waals surface area contributed by atoms with Gasteiger partial charge in [0.25, 0.3) is 0 Å². The van der Waals surface area contributed by atoms with E-state index in [1.54, 1.807) is 0 Å². The summed E-state index contributed by atoms with van der Waals surface area (Å²) in [5, 5.41) is 0. The van der Waals surface area contributed by atoms with E-state index in [2.05, 4.69) is 61.3 Å². The molecule has 0 bridgehead atoms. The number of benzene rings is 1. The molecule has 20 heavy (non-hydrogen) atoms. The van der Waals surface area contributed by atoms with Crippen LogP contribution in [0.4, 0.5) is 0 Å². The number of nitrogens with zero attached hydrogens (tertiary/aromatic N) is 1. The maximum Gasteiger partial charge on any atom is 0.0284 e. The van der Waals surface area contributed by atoms with Crippen LogP contribution in [0.15, 0.2) is 58.6 Å². The van der Waals surface area contributed by atoms with Crippen LogP contribution in [0.5, 0.6) is 0 Å². The van der Waals surface area contributed by atoms with Gasteiger partial charge < -0.3 is 0 Å². The molecule has 0 aliphatic heterocycles. The zero-order chi connectivity index (χ0) is 14.4. The van der Waals surface area contributed by atoms with Crippen LogP contribution < -0.4 is 0 Å². The molecule has 1 aromatic rings. The summed E-state index contributed by atoms with van der Waals surface area (Å²) < 4.78 is 0. The molecule has 104 valence electrons. The molecule has 1 aliphatic rings. The normalized spacial score (nSPS) is 16.2. The second kappa shape index (κ2) is 7.04. The highest BCUT2D eigenvalue weighted by molar-refractivity contribution is 6.09. The summed E-state index contributed by atoms with van der Waals surface area (Å²) in [7, 11) is 1.83. The van der Waals surface area contributed by atoms with Gasteiger partial charge in [0, 0.05) is 13.3 Å². The molecule has 1 aromatic carbocycles. The van der Waals surface area contributed by atoms with Gasteiger partial charge in [0.15, 0.2) is 0 Å². The van der Waals surface area contributed by atoms with Crippen molar-refractivity contribution < 1.29 is 0 Å². The largest absolute Gasteiger partial charge is 0.296 e. The second-order valence-electron chi connectivity index (χ2n) is 5.31. The van der Waals surface area contributed by atoms with Crippen molar-refractivity contribution >= 4 is 11.8 Å². The van der Waals surface area contributed by atoms with Crippen molar-refractivity contribution in [2.75, 3.05) is 7.05 Å². The van der Waals surface area contributed by atoms with E-state index >= 15 is 0 Å². The first-order valence-corrected chi connectivity index (χ1v) is 7.26. The third kappa shape index (κ3) is 3.80. The molecular formula is C19H23N. The Labute approximate surface area is 122 Å². The minimum absolute atomic E-state index is 0.984. The first kappa shape index (κ1) is 14.5. The fraction of sp³-hybridized carbons (Fsp3) is 0.316. The second-order valence-corrected chi connectivity index (χ2v) is 5.31. The monoisotopic (exact) mass is 265 g/mol. The highest BCUT2D eigenvalue weighted by Gasteiger charge is 2.04. The summed E-state index contributed by atoms with van der Waals surface area (Å²) in [5.74, 6) is 0. The molecule has 0 N–H and O–H groups in total. The summed E-state index contributed by atoms with van der Waals surface area (Å²) in [4.78, 5) is 4.19. The van der Waals surface area contributed by atoms with Crippen molar-refractivity contribution in [2.45, 2.75) is 33.1 Å². The van der Waals surface area contributed by atoms with Gasteiger partial charge in [-0.2, -0.15) is 0 Å². The Kier molecular flexibility index (Phi) is 5.11. The summed E-state index contributed by atoms with van der Waals surface area (Å²) in [5.41, 5.74) is 6.59. The standard InChI is InChI=1S/C19H23N/c1-15-8-10-18(11-9-15)19(14-20-3)13-12-17-7-5-4-6-16(17)2/h6-11,13-14H,4-5,12H2,1-3H3/b19-13+,20-14?. The molecule has 0 amide bonds. The van der Waals surface area contributed by atoms with Crippen molar-refractivity contribution in [3.8, 4) is 0 Å². The topological polar surface area (TPSA) is 12.4 Å². The van der Waals surface area contributed by atoms with Crippen molar-refractivity contribution in [1.29, 1.82) is 0 Å². The summed E-state index contributed by atoms with van der Waals surface area (Å²) in [6, 6.07) is 8.64. The van der Waals surface area contributed by atoms with Gasteiger partial charge in [-0.3, -0.25) is 4.99 Å². The Balaban J connectivity index is 2.20. The smallest absolute Gasteiger partial charge is 0.0284 e. The van der Waals surface area contributed by atoms with Crippen LogP contribution >= 0.6 is 0 Å². The highest BCUT2D eigenvalue weighted by atomic mass is 14.6. The summed E-state index contributed by atoms with van der Waals surface area (Å²) in [6.07, 6.45) is 12.3. The van der Waals surface area contributed by atoms with Gasteiger partial charge in [-0.05, 0) is 49.8 Å². The first-order chi connectivity index (χ1) is 9.70. The molecule has 0 saturated heterocycles. The van der Waals surface area contributed by atoms with E-state index in [4.69, 9.17) is 0 Å². The van der Waals surface area contributed by atoms with E-state index in [9.17, 15) is 0 Å². The van der Waals surface area contributed by atoms with Gasteiger partial charge >= 0.3 is 0 Å². The molecule has 0 atom stereocenters. The molecule has 0 aromatic heterocycles. The van der Waals surface area contributed by atoms with Crippen LogP contribution in [0.3, 0.4) is 0 Å². The average Bonchev–Trinajstić information content (AvgIpc) is 2.46. The number of rotatable bonds is 4. The fourth-order valence-electron chi connectivity index (χ4n) is 2.44. The number of aliphatic imine (C=N–C) groups is 1. The number of allylic oxidation sites excluding steroid dienone is 6. The molecule has 0 heterocycles. The quantitative estimate of drug-likeness (QED) is 0.669. The van der Waals surface area contributed by atoms with E-state index in [1.165, 1.54) is 40.7 Å². The Morgan fingerprint density at radius 3 is 2.45 bits per heavy atom. The lowest BCUT2D eigenvalue weighted by Gasteiger charge is -2.11. The molecule has 0 fully saturated rings. The summed E-state index contributed by atoms with van der Waals surface area (Å²) in [6.45, 7) is 4.32. The molecule has 1 nitrogen and oxygen atoms in total. The molecular weight excluding hydrogens is 242 g/mol. The predicted octanol–water partition coefficient (Wildman–Crippen LogP) is 5.14. The first-order valence-electron chi connectivity index (χ1n) is 7.26. The van der Waals surface area contributed by atoms with Crippen LogP contribution in [-0.4, -0.2) is 13.3 Å². The lowest BCUT2D eigenvalue weighted by Crippen LogP contribution is -1.93. The minimum Gasteiger partial charge on any atom is -0.296 e. The van der Waals surface area contributed by atoms with Gasteiger partial charge in [-0.1, -0.05) is 53.6 Å². The van der Waals surface area contributed by atoms with Crippen molar-refractivity contribution in [3.05, 3.63) is 64.8 Å². The minimum atomic E-state index is 0.984. The number of aryl methyl sites for hydroxylation is 1. The Morgan fingerprint density at radius 2 is 1.80 bits per heavy atom. The third-order valence-electron chi connectivity index (χ3n) is 3.71. The van der Waals surface area contributed by atoms with E-state index in [1.807, 2.05) is 13.3 Å². The van der Waals surface area contributed by atoms with Crippen LogP contribution in [0.25, 0.3) is 5.57 Å². The van der Waals surface area contributed by atoms with Crippen molar-refractivity contribution in [1.82, 2.24) is 0 Å². The van der Waals surface area contributed by atoms with Gasteiger partial charge in [0.05, 0.1) is 0 Å². The molecule has 1 heteroatoms. The SMILES string of the molecule is CN=C/C(=C\CC1=CCCC=C1C)c1ccc(C)cc1. The summed E-state index contributed by atoms with van der Waals surface area (Å²) >= 11 is 0. The Bertz CT molecular complexity index is 568. The lowest BCUT2D eigenvalue weighted by atomic mass is 9.94. The van der Waals surface area contributed by atoms with Crippen LogP contribution in [0.2, 0.25) is 0 Å². The molecule has 0 radical (unpaired) electrons. The van der Waals surface area contributed by atoms with Crippen LogP contribution in [0.1, 0.15) is 37.3 Å². The van der Waals surface area contributed by atoms with E-state index in [0.717, 1.165) is 6.42 Å². The molecule has 0 spiro atoms. The Morgan fingerprint density at radius 1 is 1.10 bits per heavy atom. The predicted molar refractivity (Wildman–Crippen MR) is 89.3 cm³/mol. The maximum atomic E-state index is 4.19. The van der Waals surface area contributed by atoms with E-state index < -0.39 is 0 Å². The molecule has 0 unspecified atom stereocenters. The zero-order valence-corrected chi connectivity index (χ0v) is 12.7. The van der Waals surface area contributed by atoms with Gasteiger partial charge in [0.1, 0.15) is 0 Å². The zero-order valence-electron chi connectivity index (χ0n) is 12.7. The Hall–Kier alpha value is -1.89. The molecule has 1 aliphatic carbocycles. The van der Waals surface area contributed by atoms with Crippen LogP contribution in [-0.2, 0) is 0 Å². The van der Waals surface area contributed by atoms with E-state index in [0.29, 0.717) is 0 Å². The molecule has 0 saturated carbocycles. The van der Waals surface area contributed by atoms with E-state index in [-0.39, 0.29) is 0 Å². The third-order valence-corrected chi connectivity index (χ3v) is 3.71. The van der Waals surface area contributed by atoms with Crippen LogP contribution in [0, 0.1) is 6.92 Å². The van der Waals surface area contributed by atoms with Gasteiger partial charge in [-0.15, -0.1) is 0 Å².